The van der Waals surface area contributed by atoms with Gasteiger partial charge in [0, 0.05) is 31.5 Å². The fourth-order valence-corrected chi connectivity index (χ4v) is 2.07. The molecule has 90 valence electrons. The van der Waals surface area contributed by atoms with Crippen LogP contribution in [0.3, 0.4) is 0 Å². The van der Waals surface area contributed by atoms with Crippen molar-refractivity contribution in [1.82, 2.24) is 14.5 Å². The van der Waals surface area contributed by atoms with Crippen LogP contribution in [0, 0.1) is 5.92 Å². The molecule has 4 nitrogen and oxygen atoms in total. The van der Waals surface area contributed by atoms with Crippen molar-refractivity contribution in [3.8, 4) is 0 Å². The second kappa shape index (κ2) is 4.47. The summed E-state index contributed by atoms with van der Waals surface area (Å²) in [7, 11) is 0. The molecule has 1 aliphatic rings. The highest BCUT2D eigenvalue weighted by Crippen LogP contribution is 2.19. The van der Waals surface area contributed by atoms with Gasteiger partial charge in [0.2, 0.25) is 0 Å². The van der Waals surface area contributed by atoms with Gasteiger partial charge >= 0.3 is 6.55 Å². The Morgan fingerprint density at radius 3 is 2.88 bits per heavy atom. The lowest BCUT2D eigenvalue weighted by atomic mass is 10.1. The maximum atomic E-state index is 12.6. The smallest absolute Gasteiger partial charge is 0.319 e. The molecule has 1 saturated heterocycles. The minimum atomic E-state index is -2.52. The van der Waals surface area contributed by atoms with E-state index in [1.807, 2.05) is 0 Å². The van der Waals surface area contributed by atoms with E-state index in [4.69, 9.17) is 5.73 Å². The molecule has 2 atom stereocenters. The molecule has 2 unspecified atom stereocenters. The Morgan fingerprint density at radius 1 is 1.56 bits per heavy atom. The zero-order valence-electron chi connectivity index (χ0n) is 9.18. The molecule has 1 aromatic heterocycles. The van der Waals surface area contributed by atoms with Crippen molar-refractivity contribution in [2.45, 2.75) is 26.1 Å². The molecule has 0 radical (unpaired) electrons. The van der Waals surface area contributed by atoms with Crippen molar-refractivity contribution < 1.29 is 8.78 Å². The van der Waals surface area contributed by atoms with Gasteiger partial charge in [0.25, 0.3) is 0 Å². The summed E-state index contributed by atoms with van der Waals surface area (Å²) in [6, 6.07) is 0.134. The van der Waals surface area contributed by atoms with Gasteiger partial charge < -0.3 is 5.73 Å². The number of aromatic nitrogens is 2. The van der Waals surface area contributed by atoms with Gasteiger partial charge in [0.05, 0.1) is 6.54 Å². The number of hydrogen-bond acceptors (Lipinski definition) is 3. The van der Waals surface area contributed by atoms with Gasteiger partial charge in [-0.1, -0.05) is 6.92 Å². The number of nitrogens with two attached hydrogens (primary N) is 1. The van der Waals surface area contributed by atoms with Gasteiger partial charge in [-0.2, -0.15) is 8.78 Å². The normalized spacial score (nSPS) is 26.8. The lowest BCUT2D eigenvalue weighted by Crippen LogP contribution is -2.28. The van der Waals surface area contributed by atoms with E-state index in [2.05, 4.69) is 16.8 Å². The average Bonchev–Trinajstić information content (AvgIpc) is 2.75. The number of hydrogen-bond donors (Lipinski definition) is 1. The summed E-state index contributed by atoms with van der Waals surface area (Å²) in [6.07, 6.45) is 2.71. The molecular weight excluding hydrogens is 214 g/mol. The average molecular weight is 230 g/mol. The first-order valence-corrected chi connectivity index (χ1v) is 5.35. The lowest BCUT2D eigenvalue weighted by Gasteiger charge is -2.15. The summed E-state index contributed by atoms with van der Waals surface area (Å²) in [5.74, 6) is 0.811. The summed E-state index contributed by atoms with van der Waals surface area (Å²) < 4.78 is 26.0. The van der Waals surface area contributed by atoms with Crippen molar-refractivity contribution in [1.29, 1.82) is 0 Å². The van der Waals surface area contributed by atoms with Crippen LogP contribution < -0.4 is 5.73 Å². The highest BCUT2D eigenvalue weighted by Gasteiger charge is 2.27. The second-order valence-electron chi connectivity index (χ2n) is 4.36. The van der Waals surface area contributed by atoms with E-state index in [9.17, 15) is 8.78 Å². The molecule has 16 heavy (non-hydrogen) atoms. The first-order valence-electron chi connectivity index (χ1n) is 5.35. The second-order valence-corrected chi connectivity index (χ2v) is 4.36. The minimum Gasteiger partial charge on any atom is -0.326 e. The zero-order chi connectivity index (χ0) is 11.7. The minimum absolute atomic E-state index is 0.134. The molecule has 6 heteroatoms. The number of rotatable bonds is 3. The van der Waals surface area contributed by atoms with Crippen molar-refractivity contribution in [2.24, 2.45) is 11.7 Å². The molecule has 0 saturated carbocycles. The van der Waals surface area contributed by atoms with Gasteiger partial charge in [0.1, 0.15) is 5.82 Å². The van der Waals surface area contributed by atoms with E-state index >= 15 is 0 Å². The molecule has 0 aromatic carbocycles. The standard InChI is InChI=1S/C10H16F2N4/c1-7-4-15(5-8(7)13)6-9-14-2-3-16(9)10(11)12/h2-3,7-8,10H,4-6,13H2,1H3. The summed E-state index contributed by atoms with van der Waals surface area (Å²) in [5.41, 5.74) is 5.88. The Morgan fingerprint density at radius 2 is 2.31 bits per heavy atom. The third kappa shape index (κ3) is 2.22. The third-order valence-electron chi connectivity index (χ3n) is 3.07. The molecule has 1 aromatic rings. The van der Waals surface area contributed by atoms with Crippen molar-refractivity contribution >= 4 is 0 Å². The lowest BCUT2D eigenvalue weighted by molar-refractivity contribution is 0.0644. The molecule has 0 bridgehead atoms. The van der Waals surface area contributed by atoms with Crippen LogP contribution in [-0.4, -0.2) is 33.6 Å². The van der Waals surface area contributed by atoms with Crippen LogP contribution in [0.2, 0.25) is 0 Å². The van der Waals surface area contributed by atoms with Crippen LogP contribution in [0.4, 0.5) is 8.78 Å². The van der Waals surface area contributed by atoms with Crippen LogP contribution in [0.15, 0.2) is 12.4 Å². The predicted octanol–water partition coefficient (Wildman–Crippen LogP) is 1.06. The van der Waals surface area contributed by atoms with Crippen LogP contribution >= 0.6 is 0 Å². The van der Waals surface area contributed by atoms with E-state index in [0.717, 1.165) is 17.7 Å². The summed E-state index contributed by atoms with van der Waals surface area (Å²) in [4.78, 5) is 6.02. The van der Waals surface area contributed by atoms with Crippen LogP contribution in [0.1, 0.15) is 19.3 Å². The molecule has 0 aliphatic carbocycles. The number of halogens is 2. The zero-order valence-corrected chi connectivity index (χ0v) is 9.18. The van der Waals surface area contributed by atoms with Gasteiger partial charge in [0.15, 0.2) is 0 Å². The highest BCUT2D eigenvalue weighted by molar-refractivity contribution is 4.95. The number of imidazole rings is 1. The Bertz CT molecular complexity index is 342. The van der Waals surface area contributed by atoms with Crippen LogP contribution in [0.5, 0.6) is 0 Å². The Hall–Kier alpha value is -1.01. The van der Waals surface area contributed by atoms with Crippen molar-refractivity contribution in [3.05, 3.63) is 18.2 Å². The summed E-state index contributed by atoms with van der Waals surface area (Å²) in [5, 5.41) is 0. The number of nitrogens with zero attached hydrogens (tertiary/aromatic N) is 3. The molecule has 2 N–H and O–H groups in total. The monoisotopic (exact) mass is 230 g/mol. The van der Waals surface area contributed by atoms with Crippen LogP contribution in [0.25, 0.3) is 0 Å². The molecular formula is C10H16F2N4. The van der Waals surface area contributed by atoms with Crippen molar-refractivity contribution in [2.75, 3.05) is 13.1 Å². The van der Waals surface area contributed by atoms with Gasteiger partial charge in [-0.05, 0) is 5.92 Å². The topological polar surface area (TPSA) is 47.1 Å². The molecule has 1 aliphatic heterocycles. The Labute approximate surface area is 93.0 Å². The van der Waals surface area contributed by atoms with E-state index in [0.29, 0.717) is 18.3 Å². The Balaban J connectivity index is 2.02. The predicted molar refractivity (Wildman–Crippen MR) is 55.9 cm³/mol. The number of alkyl halides is 2. The first-order chi connectivity index (χ1) is 7.58. The maximum absolute atomic E-state index is 12.6. The molecule has 1 fully saturated rings. The van der Waals surface area contributed by atoms with E-state index in [1.54, 1.807) is 0 Å². The first kappa shape index (κ1) is 11.5. The molecule has 0 amide bonds. The maximum Gasteiger partial charge on any atom is 0.319 e. The fourth-order valence-electron chi connectivity index (χ4n) is 2.07. The highest BCUT2D eigenvalue weighted by atomic mass is 19.3. The Kier molecular flexibility index (Phi) is 3.20. The fraction of sp³-hybridized carbons (Fsp3) is 0.700. The van der Waals surface area contributed by atoms with Crippen LogP contribution in [-0.2, 0) is 6.54 Å². The van der Waals surface area contributed by atoms with Gasteiger partial charge in [-0.3, -0.25) is 9.47 Å². The largest absolute Gasteiger partial charge is 0.326 e. The van der Waals surface area contributed by atoms with Crippen molar-refractivity contribution in [3.63, 3.8) is 0 Å². The summed E-state index contributed by atoms with van der Waals surface area (Å²) >= 11 is 0. The molecule has 2 rings (SSSR count). The third-order valence-corrected chi connectivity index (χ3v) is 3.07. The van der Waals surface area contributed by atoms with E-state index in [1.165, 1.54) is 12.4 Å². The van der Waals surface area contributed by atoms with E-state index < -0.39 is 6.55 Å². The quantitative estimate of drug-likeness (QED) is 0.844. The van der Waals surface area contributed by atoms with Gasteiger partial charge in [-0.15, -0.1) is 0 Å². The van der Waals surface area contributed by atoms with Gasteiger partial charge in [-0.25, -0.2) is 4.98 Å². The SMILES string of the molecule is CC1CN(Cc2nccn2C(F)F)CC1N. The number of likely N-dealkylation sites (tertiary alicyclic amines) is 1. The molecule has 2 heterocycles. The van der Waals surface area contributed by atoms with E-state index in [-0.39, 0.29) is 6.04 Å². The summed E-state index contributed by atoms with van der Waals surface area (Å²) in [6.45, 7) is 1.58. The molecule has 0 spiro atoms.